The van der Waals surface area contributed by atoms with Crippen molar-refractivity contribution in [2.75, 3.05) is 50.1 Å². The zero-order valence-electron chi connectivity index (χ0n) is 23.6. The van der Waals surface area contributed by atoms with E-state index < -0.39 is 18.0 Å². The molecular formula is C26H45N5O5S. The number of aromatic nitrogens is 2. The van der Waals surface area contributed by atoms with Crippen LogP contribution in [0.4, 0.5) is 10.6 Å². The van der Waals surface area contributed by atoms with Gasteiger partial charge in [0.25, 0.3) is 5.91 Å². The fraction of sp³-hybridized carbons (Fsp3) is 0.769. The molecular weight excluding hydrogens is 494 g/mol. The van der Waals surface area contributed by atoms with Gasteiger partial charge in [-0.1, -0.05) is 20.8 Å². The molecule has 0 aliphatic carbocycles. The minimum absolute atomic E-state index is 0.176. The summed E-state index contributed by atoms with van der Waals surface area (Å²) in [6, 6.07) is -0.351. The van der Waals surface area contributed by atoms with Gasteiger partial charge in [0.1, 0.15) is 22.8 Å². The summed E-state index contributed by atoms with van der Waals surface area (Å²) < 4.78 is 10.8. The smallest absolute Gasteiger partial charge is 0.410 e. The lowest BCUT2D eigenvalue weighted by Crippen LogP contribution is -2.57. The maximum Gasteiger partial charge on any atom is 0.410 e. The second-order valence-electron chi connectivity index (χ2n) is 10.8. The van der Waals surface area contributed by atoms with Crippen LogP contribution in [0.1, 0.15) is 64.1 Å². The number of aliphatic hydroxyl groups excluding tert-OH is 1. The number of hydrogen-bond acceptors (Lipinski definition) is 9. The van der Waals surface area contributed by atoms with Crippen molar-refractivity contribution in [3.8, 4) is 0 Å². The Bertz CT molecular complexity index is 895. The molecule has 0 radical (unpaired) electrons. The molecule has 0 aromatic carbocycles. The highest BCUT2D eigenvalue weighted by molar-refractivity contribution is 7.99. The quantitative estimate of drug-likeness (QED) is 0.321. The molecule has 3 atom stereocenters. The summed E-state index contributed by atoms with van der Waals surface area (Å²) in [4.78, 5) is 39.2. The number of amides is 2. The van der Waals surface area contributed by atoms with Crippen LogP contribution in [0.3, 0.4) is 0 Å². The Morgan fingerprint density at radius 2 is 2.03 bits per heavy atom. The van der Waals surface area contributed by atoms with E-state index in [1.165, 1.54) is 7.11 Å². The Morgan fingerprint density at radius 1 is 1.32 bits per heavy atom. The van der Waals surface area contributed by atoms with Crippen LogP contribution in [0.2, 0.25) is 0 Å². The minimum atomic E-state index is -1.07. The number of methoxy groups -OCH3 is 1. The summed E-state index contributed by atoms with van der Waals surface area (Å²) in [7, 11) is 1.43. The molecule has 2 N–H and O–H groups in total. The molecule has 11 heteroatoms. The highest BCUT2D eigenvalue weighted by Gasteiger charge is 2.40. The number of aryl methyl sites for hydroxylation is 1. The van der Waals surface area contributed by atoms with E-state index in [4.69, 9.17) is 9.47 Å². The summed E-state index contributed by atoms with van der Waals surface area (Å²) in [5, 5.41) is 13.8. The van der Waals surface area contributed by atoms with E-state index in [-0.39, 0.29) is 30.3 Å². The summed E-state index contributed by atoms with van der Waals surface area (Å²) in [6.45, 7) is 15.2. The largest absolute Gasteiger partial charge is 0.444 e. The SMILES string of the molecule is CCSCCNc1nc(C)ncc1C(=O)N(CC(C)C)[C@H]1C[C@@H](C(O)OC)CN(C(=O)OC(C)(C)C)C1. The number of likely N-dealkylation sites (tertiary alicyclic amines) is 1. The van der Waals surface area contributed by atoms with Crippen LogP contribution in [0.25, 0.3) is 0 Å². The molecule has 1 unspecified atom stereocenters. The van der Waals surface area contributed by atoms with Crippen LogP contribution in [0.15, 0.2) is 6.20 Å². The van der Waals surface area contributed by atoms with Crippen molar-refractivity contribution in [1.82, 2.24) is 19.8 Å². The molecule has 0 spiro atoms. The average molecular weight is 540 g/mol. The number of aliphatic hydroxyl groups is 1. The monoisotopic (exact) mass is 539 g/mol. The van der Waals surface area contributed by atoms with Gasteiger partial charge in [-0.2, -0.15) is 11.8 Å². The molecule has 2 heterocycles. The van der Waals surface area contributed by atoms with Crippen molar-refractivity contribution >= 4 is 29.6 Å². The second kappa shape index (κ2) is 14.2. The first-order chi connectivity index (χ1) is 17.4. The van der Waals surface area contributed by atoms with Crippen molar-refractivity contribution in [2.45, 2.75) is 72.8 Å². The number of thioether (sulfide) groups is 1. The summed E-state index contributed by atoms with van der Waals surface area (Å²) in [5.41, 5.74) is -0.270. The molecule has 1 aromatic rings. The fourth-order valence-corrected chi connectivity index (χ4v) is 4.84. The maximum atomic E-state index is 14.0. The van der Waals surface area contributed by atoms with Crippen molar-refractivity contribution in [2.24, 2.45) is 11.8 Å². The number of nitrogens with zero attached hydrogens (tertiary/aromatic N) is 4. The second-order valence-corrected chi connectivity index (χ2v) is 12.2. The molecule has 0 bridgehead atoms. The van der Waals surface area contributed by atoms with Gasteiger partial charge >= 0.3 is 6.09 Å². The number of rotatable bonds is 11. The molecule has 0 saturated carbocycles. The van der Waals surface area contributed by atoms with E-state index in [1.54, 1.807) is 22.9 Å². The van der Waals surface area contributed by atoms with Crippen molar-refractivity contribution in [3.05, 3.63) is 17.6 Å². The number of nitrogens with one attached hydrogen (secondary N) is 1. The van der Waals surface area contributed by atoms with Gasteiger partial charge in [0.15, 0.2) is 6.29 Å². The van der Waals surface area contributed by atoms with Crippen molar-refractivity contribution in [1.29, 1.82) is 0 Å². The highest BCUT2D eigenvalue weighted by atomic mass is 32.2. The van der Waals surface area contributed by atoms with Crippen LogP contribution in [0, 0.1) is 18.8 Å². The third-order valence-electron chi connectivity index (χ3n) is 5.90. The van der Waals surface area contributed by atoms with Gasteiger partial charge in [-0.15, -0.1) is 0 Å². The topological polar surface area (TPSA) is 117 Å². The van der Waals surface area contributed by atoms with Gasteiger partial charge in [-0.3, -0.25) is 4.79 Å². The van der Waals surface area contributed by atoms with Crippen LogP contribution >= 0.6 is 11.8 Å². The van der Waals surface area contributed by atoms with Crippen molar-refractivity contribution in [3.63, 3.8) is 0 Å². The normalized spacial score (nSPS) is 19.0. The first kappa shape index (κ1) is 31.1. The molecule has 1 aliphatic rings. The standard InChI is InChI=1S/C26H45N5O5S/c1-9-37-11-10-27-22-21(13-28-18(4)29-22)23(32)31(14-17(2)3)20-12-19(24(33)35-8)15-30(16-20)25(34)36-26(5,6)7/h13,17,19-20,24,33H,9-12,14-16H2,1-8H3,(H,27,28,29)/t19-,20+,24?/m1/s1. The van der Waals surface area contributed by atoms with E-state index in [0.717, 1.165) is 11.5 Å². The van der Waals surface area contributed by atoms with Gasteiger partial charge < -0.3 is 29.7 Å². The minimum Gasteiger partial charge on any atom is -0.444 e. The summed E-state index contributed by atoms with van der Waals surface area (Å²) >= 11 is 1.81. The van der Waals surface area contributed by atoms with Crippen LogP contribution in [-0.4, -0.2) is 99.6 Å². The van der Waals surface area contributed by atoms with Gasteiger partial charge in [-0.25, -0.2) is 14.8 Å². The lowest BCUT2D eigenvalue weighted by Gasteiger charge is -2.44. The predicted molar refractivity (Wildman–Crippen MR) is 147 cm³/mol. The Labute approximate surface area is 225 Å². The third kappa shape index (κ3) is 9.61. The zero-order chi connectivity index (χ0) is 27.8. The van der Waals surface area contributed by atoms with E-state index in [1.807, 2.05) is 46.4 Å². The molecule has 37 heavy (non-hydrogen) atoms. The van der Waals surface area contributed by atoms with Crippen LogP contribution in [-0.2, 0) is 9.47 Å². The fourth-order valence-electron chi connectivity index (χ4n) is 4.30. The lowest BCUT2D eigenvalue weighted by molar-refractivity contribution is -0.132. The Hall–Kier alpha value is -2.11. The molecule has 1 saturated heterocycles. The van der Waals surface area contributed by atoms with Crippen LogP contribution < -0.4 is 5.32 Å². The van der Waals surface area contributed by atoms with E-state index in [2.05, 4.69) is 22.2 Å². The maximum absolute atomic E-state index is 14.0. The summed E-state index contributed by atoms with van der Waals surface area (Å²) in [5.74, 6) is 2.59. The van der Waals surface area contributed by atoms with Crippen LogP contribution in [0.5, 0.6) is 0 Å². The molecule has 1 fully saturated rings. The molecule has 2 rings (SSSR count). The Balaban J connectivity index is 2.39. The third-order valence-corrected chi connectivity index (χ3v) is 6.80. The number of carbonyl (C=O) groups excluding carboxylic acids is 2. The number of carbonyl (C=O) groups is 2. The van der Waals surface area contributed by atoms with E-state index in [9.17, 15) is 14.7 Å². The van der Waals surface area contributed by atoms with Gasteiger partial charge in [0.2, 0.25) is 0 Å². The van der Waals surface area contributed by atoms with E-state index in [0.29, 0.717) is 43.3 Å². The van der Waals surface area contributed by atoms with E-state index >= 15 is 0 Å². The van der Waals surface area contributed by atoms with Gasteiger partial charge in [0, 0.05) is 51.2 Å². The zero-order valence-corrected chi connectivity index (χ0v) is 24.4. The first-order valence-electron chi connectivity index (χ1n) is 13.0. The molecule has 10 nitrogen and oxygen atoms in total. The molecule has 210 valence electrons. The molecule has 2 amide bonds. The highest BCUT2D eigenvalue weighted by Crippen LogP contribution is 2.28. The molecule has 1 aromatic heterocycles. The Morgan fingerprint density at radius 3 is 2.62 bits per heavy atom. The number of ether oxygens (including phenoxy) is 2. The van der Waals surface area contributed by atoms with Gasteiger partial charge in [-0.05, 0) is 45.8 Å². The Kier molecular flexibility index (Phi) is 11.9. The summed E-state index contributed by atoms with van der Waals surface area (Å²) in [6.07, 6.45) is 0.509. The average Bonchev–Trinajstić information content (AvgIpc) is 2.83. The van der Waals surface area contributed by atoms with Gasteiger partial charge in [0.05, 0.1) is 6.04 Å². The number of anilines is 1. The molecule has 1 aliphatic heterocycles. The first-order valence-corrected chi connectivity index (χ1v) is 14.2. The van der Waals surface area contributed by atoms with Crippen molar-refractivity contribution < 1.29 is 24.2 Å². The predicted octanol–water partition coefficient (Wildman–Crippen LogP) is 3.64. The number of hydrogen-bond donors (Lipinski definition) is 2. The lowest BCUT2D eigenvalue weighted by atomic mass is 9.91. The number of piperidine rings is 1.